The predicted molar refractivity (Wildman–Crippen MR) is 100 cm³/mol. The van der Waals surface area contributed by atoms with Crippen molar-refractivity contribution < 1.29 is 4.39 Å². The highest BCUT2D eigenvalue weighted by Crippen LogP contribution is 2.18. The van der Waals surface area contributed by atoms with E-state index < -0.39 is 0 Å². The van der Waals surface area contributed by atoms with Crippen molar-refractivity contribution in [1.29, 1.82) is 0 Å². The maximum Gasteiger partial charge on any atom is 0.229 e. The lowest BCUT2D eigenvalue weighted by atomic mass is 10.1. The second kappa shape index (κ2) is 7.94. The molecule has 0 aliphatic heterocycles. The molecular formula is C19H18ClFN4. The average molecular weight is 357 g/mol. The minimum atomic E-state index is -0.221. The van der Waals surface area contributed by atoms with E-state index in [0.29, 0.717) is 17.5 Å². The number of halogens is 2. The van der Waals surface area contributed by atoms with Crippen LogP contribution < -0.4 is 10.6 Å². The number of anilines is 3. The lowest BCUT2D eigenvalue weighted by Crippen LogP contribution is -2.08. The van der Waals surface area contributed by atoms with Gasteiger partial charge in [-0.25, -0.2) is 9.37 Å². The second-order valence-corrected chi connectivity index (χ2v) is 6.09. The summed E-state index contributed by atoms with van der Waals surface area (Å²) < 4.78 is 12.9. The Morgan fingerprint density at radius 1 is 1.00 bits per heavy atom. The molecule has 0 aliphatic carbocycles. The standard InChI is InChI=1S/C19H18ClFN4/c1-13-12-18(22-11-10-14-2-6-16(21)7-3-14)25-19(23-13)24-17-8-4-15(20)5-9-17/h2-9,12H,10-11H2,1H3,(H2,22,23,24,25). The summed E-state index contributed by atoms with van der Waals surface area (Å²) in [5.41, 5.74) is 2.79. The van der Waals surface area contributed by atoms with Crippen molar-refractivity contribution in [1.82, 2.24) is 9.97 Å². The van der Waals surface area contributed by atoms with E-state index in [1.807, 2.05) is 37.3 Å². The fraction of sp³-hybridized carbons (Fsp3) is 0.158. The van der Waals surface area contributed by atoms with E-state index in [2.05, 4.69) is 20.6 Å². The molecule has 3 rings (SSSR count). The van der Waals surface area contributed by atoms with Crippen LogP contribution >= 0.6 is 11.6 Å². The first-order valence-electron chi connectivity index (χ1n) is 7.95. The highest BCUT2D eigenvalue weighted by atomic mass is 35.5. The normalized spacial score (nSPS) is 10.5. The largest absolute Gasteiger partial charge is 0.370 e. The van der Waals surface area contributed by atoms with Gasteiger partial charge in [0.1, 0.15) is 11.6 Å². The molecule has 0 saturated carbocycles. The van der Waals surface area contributed by atoms with Crippen LogP contribution in [-0.2, 0) is 6.42 Å². The van der Waals surface area contributed by atoms with Crippen molar-refractivity contribution >= 4 is 29.1 Å². The molecule has 0 spiro atoms. The summed E-state index contributed by atoms with van der Waals surface area (Å²) in [5.74, 6) is 1.04. The Labute approximate surface area is 151 Å². The van der Waals surface area contributed by atoms with Crippen molar-refractivity contribution in [2.45, 2.75) is 13.3 Å². The number of aryl methyl sites for hydroxylation is 1. The Bertz CT molecular complexity index is 835. The van der Waals surface area contributed by atoms with Gasteiger partial charge in [-0.3, -0.25) is 0 Å². The van der Waals surface area contributed by atoms with Crippen LogP contribution in [-0.4, -0.2) is 16.5 Å². The van der Waals surface area contributed by atoms with E-state index in [0.717, 1.165) is 29.2 Å². The number of nitrogens with zero attached hydrogens (tertiary/aromatic N) is 2. The van der Waals surface area contributed by atoms with Gasteiger partial charge in [-0.15, -0.1) is 0 Å². The molecule has 0 unspecified atom stereocenters. The minimum Gasteiger partial charge on any atom is -0.370 e. The molecule has 0 saturated heterocycles. The molecule has 6 heteroatoms. The van der Waals surface area contributed by atoms with Crippen LogP contribution in [0.15, 0.2) is 54.6 Å². The molecule has 0 amide bonds. The monoisotopic (exact) mass is 356 g/mol. The van der Waals surface area contributed by atoms with E-state index in [-0.39, 0.29) is 5.82 Å². The predicted octanol–water partition coefficient (Wildman–Crippen LogP) is 4.98. The van der Waals surface area contributed by atoms with Gasteiger partial charge < -0.3 is 10.6 Å². The van der Waals surface area contributed by atoms with Crippen LogP contribution in [0.3, 0.4) is 0 Å². The Balaban J connectivity index is 1.62. The van der Waals surface area contributed by atoms with E-state index in [1.165, 1.54) is 12.1 Å². The molecule has 25 heavy (non-hydrogen) atoms. The number of nitrogens with one attached hydrogen (secondary N) is 2. The van der Waals surface area contributed by atoms with Gasteiger partial charge in [0.25, 0.3) is 0 Å². The molecule has 1 aromatic heterocycles. The van der Waals surface area contributed by atoms with Gasteiger partial charge in [0.15, 0.2) is 0 Å². The van der Waals surface area contributed by atoms with Gasteiger partial charge in [-0.05, 0) is 55.3 Å². The fourth-order valence-electron chi connectivity index (χ4n) is 2.36. The molecular weight excluding hydrogens is 339 g/mol. The third-order valence-corrected chi connectivity index (χ3v) is 3.84. The average Bonchev–Trinajstić information content (AvgIpc) is 2.58. The number of rotatable bonds is 6. The fourth-order valence-corrected chi connectivity index (χ4v) is 2.49. The number of hydrogen-bond acceptors (Lipinski definition) is 4. The zero-order valence-corrected chi connectivity index (χ0v) is 14.5. The van der Waals surface area contributed by atoms with Crippen molar-refractivity contribution in [3.63, 3.8) is 0 Å². The summed E-state index contributed by atoms with van der Waals surface area (Å²) in [4.78, 5) is 8.86. The van der Waals surface area contributed by atoms with Crippen molar-refractivity contribution in [3.05, 3.63) is 76.7 Å². The summed E-state index contributed by atoms with van der Waals surface area (Å²) in [6.45, 7) is 2.61. The molecule has 128 valence electrons. The first kappa shape index (κ1) is 17.2. The molecule has 0 bridgehead atoms. The summed E-state index contributed by atoms with van der Waals surface area (Å²) in [6, 6.07) is 15.8. The smallest absolute Gasteiger partial charge is 0.229 e. The third kappa shape index (κ3) is 5.16. The Kier molecular flexibility index (Phi) is 5.46. The number of hydrogen-bond donors (Lipinski definition) is 2. The van der Waals surface area contributed by atoms with Gasteiger partial charge >= 0.3 is 0 Å². The SMILES string of the molecule is Cc1cc(NCCc2ccc(F)cc2)nc(Nc2ccc(Cl)cc2)n1. The number of aromatic nitrogens is 2. The lowest BCUT2D eigenvalue weighted by molar-refractivity contribution is 0.627. The third-order valence-electron chi connectivity index (χ3n) is 3.59. The van der Waals surface area contributed by atoms with Crippen molar-refractivity contribution in [3.8, 4) is 0 Å². The molecule has 0 radical (unpaired) electrons. The first-order valence-corrected chi connectivity index (χ1v) is 8.33. The first-order chi connectivity index (χ1) is 12.1. The Morgan fingerprint density at radius 3 is 2.44 bits per heavy atom. The Morgan fingerprint density at radius 2 is 1.72 bits per heavy atom. The van der Waals surface area contributed by atoms with Crippen LogP contribution in [0.25, 0.3) is 0 Å². The summed E-state index contributed by atoms with van der Waals surface area (Å²) in [5, 5.41) is 7.12. The van der Waals surface area contributed by atoms with Crippen LogP contribution in [0.5, 0.6) is 0 Å². The molecule has 4 nitrogen and oxygen atoms in total. The summed E-state index contributed by atoms with van der Waals surface area (Å²) in [6.07, 6.45) is 0.781. The second-order valence-electron chi connectivity index (χ2n) is 5.65. The number of benzene rings is 2. The van der Waals surface area contributed by atoms with Crippen LogP contribution in [0.2, 0.25) is 5.02 Å². The van der Waals surface area contributed by atoms with Crippen molar-refractivity contribution in [2.24, 2.45) is 0 Å². The molecule has 2 N–H and O–H groups in total. The van der Waals surface area contributed by atoms with Gasteiger partial charge in [0, 0.05) is 29.0 Å². The van der Waals surface area contributed by atoms with E-state index >= 15 is 0 Å². The highest BCUT2D eigenvalue weighted by molar-refractivity contribution is 6.30. The van der Waals surface area contributed by atoms with Crippen LogP contribution in [0.4, 0.5) is 21.8 Å². The molecule has 0 atom stereocenters. The topological polar surface area (TPSA) is 49.8 Å². The molecule has 2 aromatic carbocycles. The Hall–Kier alpha value is -2.66. The zero-order valence-electron chi connectivity index (χ0n) is 13.8. The molecule has 0 aliphatic rings. The minimum absolute atomic E-state index is 0.221. The molecule has 0 fully saturated rings. The maximum absolute atomic E-state index is 12.9. The van der Waals surface area contributed by atoms with Crippen molar-refractivity contribution in [2.75, 3.05) is 17.2 Å². The highest BCUT2D eigenvalue weighted by Gasteiger charge is 2.03. The van der Waals surface area contributed by atoms with E-state index in [1.54, 1.807) is 12.1 Å². The zero-order chi connectivity index (χ0) is 17.6. The van der Waals surface area contributed by atoms with Gasteiger partial charge in [-0.1, -0.05) is 23.7 Å². The quantitative estimate of drug-likeness (QED) is 0.654. The lowest BCUT2D eigenvalue weighted by Gasteiger charge is -2.10. The van der Waals surface area contributed by atoms with Gasteiger partial charge in [0.2, 0.25) is 5.95 Å². The summed E-state index contributed by atoms with van der Waals surface area (Å²) >= 11 is 5.89. The van der Waals surface area contributed by atoms with E-state index in [9.17, 15) is 4.39 Å². The maximum atomic E-state index is 12.9. The molecule has 3 aromatic rings. The summed E-state index contributed by atoms with van der Waals surface area (Å²) in [7, 11) is 0. The molecule has 1 heterocycles. The van der Waals surface area contributed by atoms with Gasteiger partial charge in [-0.2, -0.15) is 4.98 Å². The van der Waals surface area contributed by atoms with Gasteiger partial charge in [0.05, 0.1) is 0 Å². The van der Waals surface area contributed by atoms with Crippen LogP contribution in [0.1, 0.15) is 11.3 Å². The van der Waals surface area contributed by atoms with Crippen LogP contribution in [0, 0.1) is 12.7 Å². The van der Waals surface area contributed by atoms with E-state index in [4.69, 9.17) is 11.6 Å².